The highest BCUT2D eigenvalue weighted by molar-refractivity contribution is 5.98. The molecule has 5 heteroatoms. The van der Waals surface area contributed by atoms with Gasteiger partial charge in [-0.3, -0.25) is 4.98 Å². The summed E-state index contributed by atoms with van der Waals surface area (Å²) < 4.78 is 11.8. The summed E-state index contributed by atoms with van der Waals surface area (Å²) >= 11 is 0. The highest BCUT2D eigenvalue weighted by Crippen LogP contribution is 2.41. The van der Waals surface area contributed by atoms with Crippen LogP contribution in [0.1, 0.15) is 50.1 Å². The van der Waals surface area contributed by atoms with Crippen LogP contribution in [-0.4, -0.2) is 28.3 Å². The summed E-state index contributed by atoms with van der Waals surface area (Å²) in [6.45, 7) is 8.18. The number of para-hydroxylation sites is 1. The number of pyridine rings is 1. The highest BCUT2D eigenvalue weighted by Gasteiger charge is 2.32. The van der Waals surface area contributed by atoms with Crippen LogP contribution in [-0.2, 0) is 16.0 Å². The van der Waals surface area contributed by atoms with Crippen LogP contribution in [0.25, 0.3) is 22.0 Å². The quantitative estimate of drug-likeness (QED) is 0.623. The van der Waals surface area contributed by atoms with Crippen LogP contribution in [0.5, 0.6) is 5.75 Å². The van der Waals surface area contributed by atoms with Crippen LogP contribution in [0.2, 0.25) is 0 Å². The van der Waals surface area contributed by atoms with E-state index in [0.29, 0.717) is 11.3 Å². The van der Waals surface area contributed by atoms with E-state index in [4.69, 9.17) is 14.5 Å². The van der Waals surface area contributed by atoms with Gasteiger partial charge in [-0.25, -0.2) is 4.79 Å². The zero-order valence-electron chi connectivity index (χ0n) is 17.9. The van der Waals surface area contributed by atoms with Crippen molar-refractivity contribution in [1.29, 1.82) is 0 Å². The molecule has 1 aromatic heterocycles. The van der Waals surface area contributed by atoms with E-state index in [0.717, 1.165) is 52.8 Å². The zero-order valence-corrected chi connectivity index (χ0v) is 17.9. The van der Waals surface area contributed by atoms with Gasteiger partial charge in [-0.05, 0) is 75.4 Å². The molecule has 0 aliphatic carbocycles. The van der Waals surface area contributed by atoms with E-state index in [1.54, 1.807) is 0 Å². The molecule has 0 fully saturated rings. The van der Waals surface area contributed by atoms with E-state index in [1.165, 1.54) is 0 Å². The van der Waals surface area contributed by atoms with Gasteiger partial charge in [0.1, 0.15) is 5.75 Å². The maximum absolute atomic E-state index is 12.3. The summed E-state index contributed by atoms with van der Waals surface area (Å²) in [5.74, 6) is -0.116. The Balaban J connectivity index is 2.01. The van der Waals surface area contributed by atoms with Crippen LogP contribution in [0.3, 0.4) is 0 Å². The molecule has 30 heavy (non-hydrogen) atoms. The first-order chi connectivity index (χ1) is 14.2. The number of rotatable bonds is 4. The Bertz CT molecular complexity index is 1110. The lowest BCUT2D eigenvalue weighted by Crippen LogP contribution is -2.28. The largest absolute Gasteiger partial charge is 0.493 e. The van der Waals surface area contributed by atoms with E-state index in [2.05, 4.69) is 6.07 Å². The minimum Gasteiger partial charge on any atom is -0.493 e. The van der Waals surface area contributed by atoms with Gasteiger partial charge in [0.05, 0.1) is 17.7 Å². The van der Waals surface area contributed by atoms with E-state index < -0.39 is 17.7 Å². The van der Waals surface area contributed by atoms with Crippen molar-refractivity contribution in [2.75, 3.05) is 6.61 Å². The normalized spacial score (nSPS) is 14.8. The Labute approximate surface area is 176 Å². The second-order valence-electron chi connectivity index (χ2n) is 8.73. The third-order valence-corrected chi connectivity index (χ3v) is 5.28. The predicted molar refractivity (Wildman–Crippen MR) is 117 cm³/mol. The molecular formula is C25H27NO4. The molecule has 0 radical (unpaired) electrons. The smallest absolute Gasteiger partial charge is 0.337 e. The maximum atomic E-state index is 12.3. The summed E-state index contributed by atoms with van der Waals surface area (Å²) in [5.41, 5.74) is 4.45. The molecule has 2 heterocycles. The van der Waals surface area contributed by atoms with Gasteiger partial charge in [0.15, 0.2) is 6.10 Å². The van der Waals surface area contributed by atoms with Crippen molar-refractivity contribution in [1.82, 2.24) is 4.98 Å². The van der Waals surface area contributed by atoms with Crippen molar-refractivity contribution in [2.24, 2.45) is 0 Å². The molecule has 0 spiro atoms. The Morgan fingerprint density at radius 1 is 1.20 bits per heavy atom. The fraction of sp³-hybridized carbons (Fsp3) is 0.360. The van der Waals surface area contributed by atoms with Gasteiger partial charge in [0, 0.05) is 16.6 Å². The van der Waals surface area contributed by atoms with Crippen molar-refractivity contribution in [3.63, 3.8) is 0 Å². The third kappa shape index (κ3) is 3.90. The molecule has 1 aliphatic rings. The number of aromatic nitrogens is 1. The summed E-state index contributed by atoms with van der Waals surface area (Å²) in [6.07, 6.45) is 0.801. The Morgan fingerprint density at radius 2 is 1.97 bits per heavy atom. The van der Waals surface area contributed by atoms with Crippen molar-refractivity contribution in [2.45, 2.75) is 52.2 Å². The summed E-state index contributed by atoms with van der Waals surface area (Å²) in [4.78, 5) is 17.0. The number of fused-ring (bicyclic) bond motifs is 2. The van der Waals surface area contributed by atoms with Crippen LogP contribution < -0.4 is 4.74 Å². The highest BCUT2D eigenvalue weighted by atomic mass is 16.5. The third-order valence-electron chi connectivity index (χ3n) is 5.28. The first-order valence-corrected chi connectivity index (χ1v) is 10.3. The molecule has 5 nitrogen and oxygen atoms in total. The second kappa shape index (κ2) is 7.73. The van der Waals surface area contributed by atoms with Gasteiger partial charge in [-0.1, -0.05) is 24.3 Å². The van der Waals surface area contributed by atoms with Gasteiger partial charge < -0.3 is 14.6 Å². The first kappa shape index (κ1) is 20.4. The molecule has 1 N–H and O–H groups in total. The summed E-state index contributed by atoms with van der Waals surface area (Å²) in [6, 6.07) is 14.0. The molecule has 1 unspecified atom stereocenters. The lowest BCUT2D eigenvalue weighted by atomic mass is 9.89. The van der Waals surface area contributed by atoms with Gasteiger partial charge >= 0.3 is 5.97 Å². The Kier molecular flexibility index (Phi) is 5.24. The molecule has 0 saturated carbocycles. The fourth-order valence-electron chi connectivity index (χ4n) is 4.08. The minimum atomic E-state index is -1.12. The molecule has 0 amide bonds. The molecule has 156 valence electrons. The number of ether oxygens (including phenoxy) is 2. The molecule has 0 bridgehead atoms. The number of aryl methyl sites for hydroxylation is 2. The van der Waals surface area contributed by atoms with Crippen LogP contribution in [0.4, 0.5) is 0 Å². The second-order valence-corrected chi connectivity index (χ2v) is 8.73. The van der Waals surface area contributed by atoms with E-state index in [-0.39, 0.29) is 0 Å². The molecule has 0 saturated heterocycles. The predicted octanol–water partition coefficient (Wildman–Crippen LogP) is 5.48. The summed E-state index contributed by atoms with van der Waals surface area (Å²) in [5, 5.41) is 11.0. The Hall–Kier alpha value is -2.92. The number of carboxylic acids is 1. The van der Waals surface area contributed by atoms with Gasteiger partial charge in [0.2, 0.25) is 0 Å². The van der Waals surface area contributed by atoms with Gasteiger partial charge in [-0.2, -0.15) is 0 Å². The van der Waals surface area contributed by atoms with Gasteiger partial charge in [-0.15, -0.1) is 0 Å². The lowest BCUT2D eigenvalue weighted by molar-refractivity contribution is -0.160. The number of carboxylic acid groups (broad SMARTS) is 1. The SMILES string of the molecule is Cc1nc2ccccc2c(-c2ccc3c(c2)CCCO3)c1C(OC(C)(C)C)C(=O)O. The monoisotopic (exact) mass is 405 g/mol. The van der Waals surface area contributed by atoms with Crippen LogP contribution >= 0.6 is 0 Å². The minimum absolute atomic E-state index is 0.604. The average Bonchev–Trinajstić information content (AvgIpc) is 2.70. The molecule has 4 rings (SSSR count). The van der Waals surface area contributed by atoms with Gasteiger partial charge in [0.25, 0.3) is 0 Å². The van der Waals surface area contributed by atoms with Crippen molar-refractivity contribution >= 4 is 16.9 Å². The molecule has 1 atom stereocenters. The lowest BCUT2D eigenvalue weighted by Gasteiger charge is -2.28. The molecule has 1 aliphatic heterocycles. The standard InChI is InChI=1S/C25H27NO4/c1-15-21(23(24(27)28)30-25(2,3)4)22(18-9-5-6-10-19(18)26-15)17-11-12-20-16(14-17)8-7-13-29-20/h5-6,9-12,14,23H,7-8,13H2,1-4H3,(H,27,28). The number of nitrogens with zero attached hydrogens (tertiary/aromatic N) is 1. The molecule has 2 aromatic carbocycles. The van der Waals surface area contributed by atoms with Crippen LogP contribution in [0, 0.1) is 6.92 Å². The van der Waals surface area contributed by atoms with Crippen LogP contribution in [0.15, 0.2) is 42.5 Å². The number of hydrogen-bond acceptors (Lipinski definition) is 4. The van der Waals surface area contributed by atoms with E-state index in [9.17, 15) is 9.90 Å². The number of hydrogen-bond donors (Lipinski definition) is 1. The first-order valence-electron chi connectivity index (χ1n) is 10.3. The van der Waals surface area contributed by atoms with E-state index in [1.807, 2.05) is 64.1 Å². The Morgan fingerprint density at radius 3 is 2.70 bits per heavy atom. The number of aliphatic carboxylic acids is 1. The molecular weight excluding hydrogens is 378 g/mol. The fourth-order valence-corrected chi connectivity index (χ4v) is 4.08. The maximum Gasteiger partial charge on any atom is 0.337 e. The average molecular weight is 405 g/mol. The van der Waals surface area contributed by atoms with Crippen molar-refractivity contribution in [3.8, 4) is 16.9 Å². The van der Waals surface area contributed by atoms with E-state index >= 15 is 0 Å². The summed E-state index contributed by atoms with van der Waals surface area (Å²) in [7, 11) is 0. The number of benzene rings is 2. The number of carbonyl (C=O) groups is 1. The van der Waals surface area contributed by atoms with Crippen molar-refractivity contribution < 1.29 is 19.4 Å². The zero-order chi connectivity index (χ0) is 21.5. The topological polar surface area (TPSA) is 68.7 Å². The van der Waals surface area contributed by atoms with Crippen molar-refractivity contribution in [3.05, 3.63) is 59.3 Å². The molecule has 3 aromatic rings.